The summed E-state index contributed by atoms with van der Waals surface area (Å²) in [7, 11) is 0. The molecule has 2 heterocycles. The number of hydrogen-bond donors (Lipinski definition) is 2. The number of nitrogens with one attached hydrogen (secondary N) is 1. The maximum Gasteiger partial charge on any atom is 0.142 e. The van der Waals surface area contributed by atoms with Crippen molar-refractivity contribution in [1.82, 2.24) is 4.98 Å². The van der Waals surface area contributed by atoms with E-state index in [9.17, 15) is 10.5 Å². The standard InChI is InChI=1S/C18H13N5S/c1-2-8-22-18-13(10-20)15-16(24-18)14(11-6-4-3-5-7-11)12(9-19)17(21)23-15/h2-7,22H,1,8H2,(H2,21,23). The predicted molar refractivity (Wildman–Crippen MR) is 97.6 cm³/mol. The van der Waals surface area contributed by atoms with Gasteiger partial charge in [-0.25, -0.2) is 4.98 Å². The number of nitrogens with zero attached hydrogens (tertiary/aromatic N) is 3. The van der Waals surface area contributed by atoms with Crippen molar-refractivity contribution in [2.24, 2.45) is 0 Å². The number of hydrogen-bond acceptors (Lipinski definition) is 6. The molecule has 3 N–H and O–H groups in total. The number of nitrogen functional groups attached to an aromatic ring is 1. The highest BCUT2D eigenvalue weighted by atomic mass is 32.1. The number of fused-ring (bicyclic) bond motifs is 1. The van der Waals surface area contributed by atoms with Crippen LogP contribution in [0.5, 0.6) is 0 Å². The maximum atomic E-state index is 9.54. The molecular formula is C18H13N5S. The highest BCUT2D eigenvalue weighted by Crippen LogP contribution is 2.42. The number of benzene rings is 1. The highest BCUT2D eigenvalue weighted by molar-refractivity contribution is 7.23. The first-order chi connectivity index (χ1) is 11.7. The Morgan fingerprint density at radius 3 is 2.54 bits per heavy atom. The quantitative estimate of drug-likeness (QED) is 0.707. The van der Waals surface area contributed by atoms with Crippen molar-refractivity contribution >= 4 is 32.4 Å². The molecule has 3 rings (SSSR count). The normalized spacial score (nSPS) is 10.1. The fourth-order valence-electron chi connectivity index (χ4n) is 2.50. The van der Waals surface area contributed by atoms with E-state index in [1.165, 1.54) is 11.3 Å². The zero-order valence-corrected chi connectivity index (χ0v) is 13.5. The largest absolute Gasteiger partial charge is 0.383 e. The Balaban J connectivity index is 2.40. The van der Waals surface area contributed by atoms with Crippen LogP contribution in [0.2, 0.25) is 0 Å². The number of nitrogens with two attached hydrogens (primary N) is 1. The van der Waals surface area contributed by atoms with Crippen LogP contribution >= 0.6 is 11.3 Å². The van der Waals surface area contributed by atoms with Crippen molar-refractivity contribution < 1.29 is 0 Å². The van der Waals surface area contributed by atoms with Crippen molar-refractivity contribution in [1.29, 1.82) is 10.5 Å². The fraction of sp³-hybridized carbons (Fsp3) is 0.0556. The zero-order valence-electron chi connectivity index (χ0n) is 12.7. The molecule has 0 saturated carbocycles. The van der Waals surface area contributed by atoms with Gasteiger partial charge in [0.05, 0.1) is 4.70 Å². The molecule has 0 fully saturated rings. The van der Waals surface area contributed by atoms with Gasteiger partial charge in [0.25, 0.3) is 0 Å². The summed E-state index contributed by atoms with van der Waals surface area (Å²) >= 11 is 1.40. The Kier molecular flexibility index (Phi) is 4.15. The third-order valence-corrected chi connectivity index (χ3v) is 4.70. The Morgan fingerprint density at radius 1 is 1.21 bits per heavy atom. The molecule has 0 bridgehead atoms. The summed E-state index contributed by atoms with van der Waals surface area (Å²) < 4.78 is 0.773. The first-order valence-corrected chi connectivity index (χ1v) is 7.99. The Labute approximate surface area is 143 Å². The van der Waals surface area contributed by atoms with E-state index in [0.717, 1.165) is 10.3 Å². The van der Waals surface area contributed by atoms with E-state index in [2.05, 4.69) is 29.0 Å². The van der Waals surface area contributed by atoms with Gasteiger partial charge in [0.2, 0.25) is 0 Å². The van der Waals surface area contributed by atoms with Gasteiger partial charge in [-0.1, -0.05) is 36.4 Å². The fourth-order valence-corrected chi connectivity index (χ4v) is 3.67. The summed E-state index contributed by atoms with van der Waals surface area (Å²) in [4.78, 5) is 4.31. The van der Waals surface area contributed by atoms with Crippen LogP contribution in [0.25, 0.3) is 21.3 Å². The van der Waals surface area contributed by atoms with Crippen LogP contribution in [0.1, 0.15) is 11.1 Å². The highest BCUT2D eigenvalue weighted by Gasteiger charge is 2.21. The molecule has 0 saturated heterocycles. The second-order valence-corrected chi connectivity index (χ2v) is 6.01. The molecule has 0 unspecified atom stereocenters. The van der Waals surface area contributed by atoms with Crippen LogP contribution in [0.4, 0.5) is 10.8 Å². The van der Waals surface area contributed by atoms with E-state index in [1.54, 1.807) is 6.08 Å². The van der Waals surface area contributed by atoms with Crippen LogP contribution in [0.3, 0.4) is 0 Å². The van der Waals surface area contributed by atoms with E-state index in [-0.39, 0.29) is 5.82 Å². The van der Waals surface area contributed by atoms with Gasteiger partial charge < -0.3 is 11.1 Å². The molecule has 0 aliphatic carbocycles. The minimum absolute atomic E-state index is 0.133. The number of anilines is 2. The minimum Gasteiger partial charge on any atom is -0.383 e. The Hall–Kier alpha value is -3.35. The molecule has 24 heavy (non-hydrogen) atoms. The first kappa shape index (κ1) is 15.5. The van der Waals surface area contributed by atoms with Crippen molar-refractivity contribution in [2.75, 3.05) is 17.6 Å². The van der Waals surface area contributed by atoms with Crippen LogP contribution in [0, 0.1) is 22.7 Å². The molecule has 0 radical (unpaired) electrons. The van der Waals surface area contributed by atoms with E-state index in [1.807, 2.05) is 30.3 Å². The molecule has 2 aromatic heterocycles. The van der Waals surface area contributed by atoms with Gasteiger partial charge in [-0.3, -0.25) is 0 Å². The summed E-state index contributed by atoms with van der Waals surface area (Å²) in [5.41, 5.74) is 8.86. The van der Waals surface area contributed by atoms with Gasteiger partial charge >= 0.3 is 0 Å². The molecule has 0 aliphatic rings. The van der Waals surface area contributed by atoms with E-state index < -0.39 is 0 Å². The molecule has 6 heteroatoms. The van der Waals surface area contributed by atoms with Crippen LogP contribution in [-0.4, -0.2) is 11.5 Å². The molecule has 0 spiro atoms. The number of nitriles is 2. The lowest BCUT2D eigenvalue weighted by Gasteiger charge is -2.08. The van der Waals surface area contributed by atoms with Crippen molar-refractivity contribution in [3.05, 3.63) is 54.1 Å². The smallest absolute Gasteiger partial charge is 0.142 e. The molecule has 3 aromatic rings. The SMILES string of the molecule is C=CCNc1sc2c(-c3ccccc3)c(C#N)c(N)nc2c1C#N. The monoisotopic (exact) mass is 331 g/mol. The van der Waals surface area contributed by atoms with Crippen molar-refractivity contribution in [3.63, 3.8) is 0 Å². The minimum atomic E-state index is 0.133. The molecule has 1 aromatic carbocycles. The van der Waals surface area contributed by atoms with Crippen LogP contribution < -0.4 is 11.1 Å². The van der Waals surface area contributed by atoms with Gasteiger partial charge in [0.1, 0.15) is 39.6 Å². The topological polar surface area (TPSA) is 98.5 Å². The third-order valence-electron chi connectivity index (χ3n) is 3.54. The predicted octanol–water partition coefficient (Wildman–Crippen LogP) is 3.89. The van der Waals surface area contributed by atoms with Crippen LogP contribution in [0.15, 0.2) is 43.0 Å². The van der Waals surface area contributed by atoms with E-state index in [4.69, 9.17) is 5.73 Å². The van der Waals surface area contributed by atoms with Gasteiger partial charge in [-0.2, -0.15) is 10.5 Å². The first-order valence-electron chi connectivity index (χ1n) is 7.17. The number of thiophene rings is 1. The van der Waals surface area contributed by atoms with Gasteiger partial charge in [0, 0.05) is 12.1 Å². The average molecular weight is 331 g/mol. The van der Waals surface area contributed by atoms with E-state index >= 15 is 0 Å². The lowest BCUT2D eigenvalue weighted by atomic mass is 10.00. The number of pyridine rings is 1. The summed E-state index contributed by atoms with van der Waals surface area (Å²) in [5.74, 6) is 0.133. The van der Waals surface area contributed by atoms with E-state index in [0.29, 0.717) is 33.8 Å². The summed E-state index contributed by atoms with van der Waals surface area (Å²) in [6.07, 6.45) is 1.71. The Bertz CT molecular complexity index is 1010. The van der Waals surface area contributed by atoms with Crippen LogP contribution in [-0.2, 0) is 0 Å². The zero-order chi connectivity index (χ0) is 17.1. The molecule has 5 nitrogen and oxygen atoms in total. The number of rotatable bonds is 4. The summed E-state index contributed by atoms with van der Waals surface area (Å²) in [6.45, 7) is 4.20. The lowest BCUT2D eigenvalue weighted by molar-refractivity contribution is 1.35. The molecule has 0 atom stereocenters. The Morgan fingerprint density at radius 2 is 1.92 bits per heavy atom. The molecular weight excluding hydrogens is 318 g/mol. The third kappa shape index (κ3) is 2.45. The number of aromatic nitrogens is 1. The maximum absolute atomic E-state index is 9.54. The van der Waals surface area contributed by atoms with Crippen molar-refractivity contribution in [3.8, 4) is 23.3 Å². The average Bonchev–Trinajstić information content (AvgIpc) is 2.96. The second-order valence-electron chi connectivity index (χ2n) is 4.99. The van der Waals surface area contributed by atoms with Gasteiger partial charge in [-0.05, 0) is 5.56 Å². The lowest BCUT2D eigenvalue weighted by Crippen LogP contribution is -1.99. The molecule has 116 valence electrons. The second kappa shape index (κ2) is 6.41. The summed E-state index contributed by atoms with van der Waals surface area (Å²) in [5, 5.41) is 22.9. The molecule has 0 aliphatic heterocycles. The van der Waals surface area contributed by atoms with Gasteiger partial charge in [-0.15, -0.1) is 17.9 Å². The molecule has 0 amide bonds. The summed E-state index contributed by atoms with van der Waals surface area (Å²) in [6, 6.07) is 13.9. The van der Waals surface area contributed by atoms with Crippen molar-refractivity contribution in [2.45, 2.75) is 0 Å². The van der Waals surface area contributed by atoms with Gasteiger partial charge in [0.15, 0.2) is 0 Å².